The number of carbonyl (C=O) groups is 4. The molecule has 1 N–H and O–H groups in total. The molecule has 5 rings (SSSR count). The Bertz CT molecular complexity index is 1060. The number of rotatable bonds is 11. The summed E-state index contributed by atoms with van der Waals surface area (Å²) in [5, 5.41) is 2.22. The Hall–Kier alpha value is -2.82. The zero-order valence-corrected chi connectivity index (χ0v) is 22.0. The third-order valence-electron chi connectivity index (χ3n) is 7.93. The molecule has 0 aromatic heterocycles. The number of benzene rings is 1. The maximum atomic E-state index is 13.1. The normalized spacial score (nSPS) is 26.0. The third kappa shape index (κ3) is 5.92. The molecule has 1 saturated carbocycles. The van der Waals surface area contributed by atoms with Crippen molar-refractivity contribution in [1.29, 1.82) is 0 Å². The van der Waals surface area contributed by atoms with Gasteiger partial charge in [-0.15, -0.1) is 0 Å². The Morgan fingerprint density at radius 2 is 1.61 bits per heavy atom. The second kappa shape index (κ2) is 11.9. The first-order valence-electron chi connectivity index (χ1n) is 13.8. The van der Waals surface area contributed by atoms with Crippen LogP contribution in [0.2, 0.25) is 0 Å². The molecular weight excluding hydrogens is 490 g/mol. The van der Waals surface area contributed by atoms with Crippen molar-refractivity contribution in [3.05, 3.63) is 29.3 Å². The van der Waals surface area contributed by atoms with Crippen molar-refractivity contribution >= 4 is 29.3 Å². The van der Waals surface area contributed by atoms with E-state index in [1.807, 2.05) is 6.07 Å². The van der Waals surface area contributed by atoms with Crippen molar-refractivity contribution in [3.63, 3.8) is 0 Å². The molecule has 4 amide bonds. The largest absolute Gasteiger partial charge is 0.379 e. The van der Waals surface area contributed by atoms with Crippen LogP contribution in [0.3, 0.4) is 0 Å². The Morgan fingerprint density at radius 1 is 0.868 bits per heavy atom. The molecule has 2 saturated heterocycles. The molecule has 3 heterocycles. The zero-order valence-electron chi connectivity index (χ0n) is 22.0. The van der Waals surface area contributed by atoms with E-state index in [0.717, 1.165) is 55.5 Å². The van der Waals surface area contributed by atoms with Crippen molar-refractivity contribution in [1.82, 2.24) is 10.2 Å². The van der Waals surface area contributed by atoms with E-state index < -0.39 is 23.8 Å². The van der Waals surface area contributed by atoms with Crippen LogP contribution in [0.15, 0.2) is 18.2 Å². The molecule has 4 aliphatic rings. The van der Waals surface area contributed by atoms with Gasteiger partial charge in [-0.3, -0.25) is 29.4 Å². The van der Waals surface area contributed by atoms with E-state index >= 15 is 0 Å². The molecule has 1 aliphatic carbocycles. The molecule has 0 spiro atoms. The van der Waals surface area contributed by atoms with Crippen LogP contribution >= 0.6 is 0 Å². The summed E-state index contributed by atoms with van der Waals surface area (Å²) in [5.74, 6) is -1.15. The highest BCUT2D eigenvalue weighted by molar-refractivity contribution is 6.23. The summed E-state index contributed by atoms with van der Waals surface area (Å²) >= 11 is 0. The summed E-state index contributed by atoms with van der Waals surface area (Å²) in [6.07, 6.45) is 5.86. The first-order chi connectivity index (χ1) is 18.4. The minimum atomic E-state index is -0.954. The van der Waals surface area contributed by atoms with Gasteiger partial charge in [-0.2, -0.15) is 0 Å². The van der Waals surface area contributed by atoms with Crippen molar-refractivity contribution in [2.45, 2.75) is 70.1 Å². The number of hydrogen-bond acceptors (Lipinski definition) is 8. The summed E-state index contributed by atoms with van der Waals surface area (Å²) in [6.45, 7) is 6.40. The predicted octanol–water partition coefficient (Wildman–Crippen LogP) is 2.30. The summed E-state index contributed by atoms with van der Waals surface area (Å²) in [5.41, 5.74) is 1.47. The molecule has 3 aliphatic heterocycles. The maximum absolute atomic E-state index is 13.1. The Morgan fingerprint density at radius 3 is 2.34 bits per heavy atom. The molecule has 0 radical (unpaired) electrons. The Labute approximate surface area is 222 Å². The second-order valence-electron chi connectivity index (χ2n) is 10.8. The van der Waals surface area contributed by atoms with Gasteiger partial charge in [0.15, 0.2) is 0 Å². The average Bonchev–Trinajstić information content (AvgIpc) is 3.14. The molecule has 10 nitrogen and oxygen atoms in total. The first kappa shape index (κ1) is 26.8. The minimum absolute atomic E-state index is 0.104. The van der Waals surface area contributed by atoms with Crippen LogP contribution in [0.5, 0.6) is 0 Å². The fraction of sp³-hybridized carbons (Fsp3) is 0.643. The Balaban J connectivity index is 1.03. The molecule has 1 aromatic rings. The smallest absolute Gasteiger partial charge is 0.262 e. The number of hydrogen-bond donors (Lipinski definition) is 1. The fourth-order valence-electron chi connectivity index (χ4n) is 5.69. The van der Waals surface area contributed by atoms with Crippen molar-refractivity contribution in [2.75, 3.05) is 44.4 Å². The lowest BCUT2D eigenvalue weighted by Crippen LogP contribution is -2.54. The van der Waals surface area contributed by atoms with E-state index in [-0.39, 0.29) is 24.9 Å². The molecule has 38 heavy (non-hydrogen) atoms. The zero-order chi connectivity index (χ0) is 26.6. The van der Waals surface area contributed by atoms with Gasteiger partial charge in [0, 0.05) is 38.4 Å². The van der Waals surface area contributed by atoms with Gasteiger partial charge in [0.2, 0.25) is 11.8 Å². The van der Waals surface area contributed by atoms with Crippen LogP contribution in [-0.2, 0) is 23.8 Å². The second-order valence-corrected chi connectivity index (χ2v) is 10.8. The molecule has 3 fully saturated rings. The van der Waals surface area contributed by atoms with Crippen LogP contribution in [0.1, 0.15) is 72.6 Å². The summed E-state index contributed by atoms with van der Waals surface area (Å²) in [4.78, 5) is 52.9. The highest BCUT2D eigenvalue weighted by Gasteiger charge is 2.44. The van der Waals surface area contributed by atoms with Crippen molar-refractivity contribution in [3.8, 4) is 0 Å². The first-order valence-corrected chi connectivity index (χ1v) is 13.8. The molecule has 10 heteroatoms. The highest BCUT2D eigenvalue weighted by atomic mass is 16.5. The van der Waals surface area contributed by atoms with Gasteiger partial charge in [-0.05, 0) is 62.6 Å². The number of piperidine rings is 2. The van der Waals surface area contributed by atoms with Crippen LogP contribution < -0.4 is 10.2 Å². The maximum Gasteiger partial charge on any atom is 0.262 e. The number of nitrogens with one attached hydrogen (secondary N) is 1. The number of imide groups is 2. The lowest BCUT2D eigenvalue weighted by atomic mass is 9.84. The van der Waals surface area contributed by atoms with Crippen molar-refractivity contribution < 1.29 is 33.4 Å². The molecule has 1 aromatic carbocycles. The number of nitrogens with zero attached hydrogens (tertiary/aromatic N) is 2. The van der Waals surface area contributed by atoms with E-state index in [1.165, 1.54) is 12.8 Å². The number of ether oxygens (including phenoxy) is 3. The van der Waals surface area contributed by atoms with E-state index in [2.05, 4.69) is 17.1 Å². The van der Waals surface area contributed by atoms with E-state index in [1.54, 1.807) is 12.1 Å². The van der Waals surface area contributed by atoms with Crippen LogP contribution in [0.4, 0.5) is 5.69 Å². The third-order valence-corrected chi connectivity index (χ3v) is 7.93. The van der Waals surface area contributed by atoms with E-state index in [9.17, 15) is 19.2 Å². The molecule has 206 valence electrons. The van der Waals surface area contributed by atoms with Gasteiger partial charge in [0.05, 0.1) is 36.5 Å². The number of fused-ring (bicyclic) bond motifs is 1. The van der Waals surface area contributed by atoms with Gasteiger partial charge >= 0.3 is 0 Å². The van der Waals surface area contributed by atoms with Crippen molar-refractivity contribution in [2.24, 2.45) is 5.92 Å². The van der Waals surface area contributed by atoms with E-state index in [0.29, 0.717) is 37.1 Å². The van der Waals surface area contributed by atoms with Gasteiger partial charge in [0.1, 0.15) is 6.04 Å². The lowest BCUT2D eigenvalue weighted by Gasteiger charge is -2.33. The molecule has 1 atom stereocenters. The van der Waals surface area contributed by atoms with Gasteiger partial charge in [-0.1, -0.05) is 6.92 Å². The summed E-state index contributed by atoms with van der Waals surface area (Å²) in [7, 11) is 0. The average molecular weight is 528 g/mol. The highest BCUT2D eigenvalue weighted by Crippen LogP contribution is 2.32. The summed E-state index contributed by atoms with van der Waals surface area (Å²) in [6, 6.07) is 4.30. The van der Waals surface area contributed by atoms with Crippen LogP contribution in [0, 0.1) is 5.92 Å². The number of carbonyl (C=O) groups excluding carboxylic acids is 4. The Kier molecular flexibility index (Phi) is 8.40. The topological polar surface area (TPSA) is 114 Å². The monoisotopic (exact) mass is 527 g/mol. The van der Waals surface area contributed by atoms with Gasteiger partial charge < -0.3 is 19.1 Å². The minimum Gasteiger partial charge on any atom is -0.379 e. The summed E-state index contributed by atoms with van der Waals surface area (Å²) < 4.78 is 17.5. The molecule has 0 bridgehead atoms. The SMILES string of the molecule is C[C@H]1C[C@H](OCCCOCCOC2CCN(c3ccc4c(c3)C(=O)N(C3CCC(=O)NC3=O)C4=O)CC2)C1. The lowest BCUT2D eigenvalue weighted by molar-refractivity contribution is -0.136. The van der Waals surface area contributed by atoms with Gasteiger partial charge in [0.25, 0.3) is 11.8 Å². The van der Waals surface area contributed by atoms with Crippen LogP contribution in [-0.4, -0.2) is 86.3 Å². The van der Waals surface area contributed by atoms with Gasteiger partial charge in [-0.25, -0.2) is 0 Å². The predicted molar refractivity (Wildman–Crippen MR) is 138 cm³/mol. The standard InChI is InChI=1S/C28H37N3O7/c1-18-15-21(16-18)37-12-2-11-36-13-14-38-20-7-9-30(10-8-20)19-3-4-22-23(17-19)28(35)31(27(22)34)24-5-6-25(32)29-26(24)33/h3-4,17-18,20-21,24H,2,5-16H2,1H3,(H,29,32,33)/t18-,21-,24?. The number of amides is 4. The molecule has 1 unspecified atom stereocenters. The number of anilines is 1. The van der Waals surface area contributed by atoms with Crippen LogP contribution in [0.25, 0.3) is 0 Å². The van der Waals surface area contributed by atoms with E-state index in [4.69, 9.17) is 14.2 Å². The molecular formula is C28H37N3O7. The quantitative estimate of drug-likeness (QED) is 0.344. The fourth-order valence-corrected chi connectivity index (χ4v) is 5.69.